The lowest BCUT2D eigenvalue weighted by Crippen LogP contribution is -2.34. The summed E-state index contributed by atoms with van der Waals surface area (Å²) in [6.07, 6.45) is -2.79. The molecule has 0 spiro atoms. The fourth-order valence-corrected chi connectivity index (χ4v) is 3.76. The second-order valence-corrected chi connectivity index (χ2v) is 7.52. The van der Waals surface area contributed by atoms with E-state index in [2.05, 4.69) is 5.32 Å². The summed E-state index contributed by atoms with van der Waals surface area (Å²) in [7, 11) is 0. The zero-order valence-electron chi connectivity index (χ0n) is 16.2. The molecule has 1 heterocycles. The molecule has 1 unspecified atom stereocenters. The maximum atomic E-state index is 12.8. The lowest BCUT2D eigenvalue weighted by molar-refractivity contribution is -0.141. The SMILES string of the molecule is CSc1ccccc1C(NC(=O)c1ccc(C(F)(F)F)[nH]c1=O)c1cccc(C)c1. The average Bonchev–Trinajstić information content (AvgIpc) is 2.71. The van der Waals surface area contributed by atoms with E-state index < -0.39 is 29.4 Å². The van der Waals surface area contributed by atoms with Crippen LogP contribution in [0.5, 0.6) is 0 Å². The second-order valence-electron chi connectivity index (χ2n) is 6.68. The van der Waals surface area contributed by atoms with Gasteiger partial charge in [-0.05, 0) is 42.5 Å². The number of amides is 1. The molecule has 1 atom stereocenters. The van der Waals surface area contributed by atoms with E-state index in [4.69, 9.17) is 0 Å². The van der Waals surface area contributed by atoms with Crippen LogP contribution in [0.2, 0.25) is 0 Å². The van der Waals surface area contributed by atoms with Gasteiger partial charge in [0, 0.05) is 4.90 Å². The predicted molar refractivity (Wildman–Crippen MR) is 111 cm³/mol. The maximum absolute atomic E-state index is 12.8. The normalized spacial score (nSPS) is 12.4. The molecule has 1 aromatic heterocycles. The number of carbonyl (C=O) groups is 1. The largest absolute Gasteiger partial charge is 0.431 e. The molecular weight excluding hydrogens is 413 g/mol. The van der Waals surface area contributed by atoms with E-state index in [1.807, 2.05) is 61.7 Å². The highest BCUT2D eigenvalue weighted by Crippen LogP contribution is 2.31. The van der Waals surface area contributed by atoms with Gasteiger partial charge >= 0.3 is 6.18 Å². The van der Waals surface area contributed by atoms with Crippen LogP contribution in [-0.2, 0) is 6.18 Å². The summed E-state index contributed by atoms with van der Waals surface area (Å²) in [5.41, 5.74) is -0.0704. The zero-order valence-corrected chi connectivity index (χ0v) is 17.0. The summed E-state index contributed by atoms with van der Waals surface area (Å²) in [5.74, 6) is -0.757. The van der Waals surface area contributed by atoms with Crippen molar-refractivity contribution in [1.82, 2.24) is 10.3 Å². The Kier molecular flexibility index (Phi) is 6.36. The van der Waals surface area contributed by atoms with Crippen molar-refractivity contribution in [3.63, 3.8) is 0 Å². The fraction of sp³-hybridized carbons (Fsp3) is 0.182. The lowest BCUT2D eigenvalue weighted by atomic mass is 9.97. The Morgan fingerprint density at radius 3 is 2.43 bits per heavy atom. The third-order valence-electron chi connectivity index (χ3n) is 4.56. The molecule has 4 nitrogen and oxygen atoms in total. The van der Waals surface area contributed by atoms with E-state index in [9.17, 15) is 22.8 Å². The first-order valence-electron chi connectivity index (χ1n) is 9.01. The molecular formula is C22H19F3N2O2S. The van der Waals surface area contributed by atoms with Crippen LogP contribution in [0.4, 0.5) is 13.2 Å². The van der Waals surface area contributed by atoms with Gasteiger partial charge in [-0.2, -0.15) is 13.2 Å². The predicted octanol–water partition coefficient (Wildman–Crippen LogP) is 4.94. The van der Waals surface area contributed by atoms with Gasteiger partial charge in [0.15, 0.2) is 0 Å². The molecule has 8 heteroatoms. The molecule has 156 valence electrons. The van der Waals surface area contributed by atoms with Gasteiger partial charge in [0.2, 0.25) is 0 Å². The average molecular weight is 432 g/mol. The van der Waals surface area contributed by atoms with Crippen molar-refractivity contribution < 1.29 is 18.0 Å². The minimum absolute atomic E-state index is 0.387. The first-order valence-corrected chi connectivity index (χ1v) is 10.2. The molecule has 2 aromatic carbocycles. The molecule has 3 aromatic rings. The summed E-state index contributed by atoms with van der Waals surface area (Å²) < 4.78 is 38.4. The Labute approximate surface area is 175 Å². The molecule has 0 bridgehead atoms. The van der Waals surface area contributed by atoms with E-state index in [0.29, 0.717) is 6.07 Å². The molecule has 0 saturated carbocycles. The molecule has 2 N–H and O–H groups in total. The van der Waals surface area contributed by atoms with Gasteiger partial charge in [0.1, 0.15) is 11.3 Å². The van der Waals surface area contributed by atoms with Crippen molar-refractivity contribution in [2.75, 3.05) is 6.26 Å². The number of halogens is 3. The first-order chi connectivity index (χ1) is 14.2. The van der Waals surface area contributed by atoms with E-state index in [1.54, 1.807) is 4.98 Å². The minimum atomic E-state index is -4.70. The van der Waals surface area contributed by atoms with Crippen LogP contribution in [0.1, 0.15) is 38.8 Å². The quantitative estimate of drug-likeness (QED) is 0.561. The minimum Gasteiger partial charge on any atom is -0.341 e. The number of aromatic amines is 1. The summed E-state index contributed by atoms with van der Waals surface area (Å²) >= 11 is 1.51. The first kappa shape index (κ1) is 21.7. The van der Waals surface area contributed by atoms with Crippen molar-refractivity contribution in [3.05, 3.63) is 99.0 Å². The summed E-state index contributed by atoms with van der Waals surface area (Å²) in [5, 5.41) is 2.81. The van der Waals surface area contributed by atoms with Crippen LogP contribution in [0.25, 0.3) is 0 Å². The molecule has 0 radical (unpaired) electrons. The second kappa shape index (κ2) is 8.79. The molecule has 30 heavy (non-hydrogen) atoms. The van der Waals surface area contributed by atoms with E-state index in [-0.39, 0.29) is 5.56 Å². The Bertz CT molecular complexity index is 1130. The number of thioether (sulfide) groups is 1. The number of rotatable bonds is 5. The van der Waals surface area contributed by atoms with Crippen molar-refractivity contribution >= 4 is 17.7 Å². The number of nitrogens with one attached hydrogen (secondary N) is 2. The molecule has 0 aliphatic rings. The van der Waals surface area contributed by atoms with Gasteiger partial charge in [0.05, 0.1) is 6.04 Å². The number of H-pyrrole nitrogens is 1. The smallest absolute Gasteiger partial charge is 0.341 e. The number of hydrogen-bond donors (Lipinski definition) is 2. The van der Waals surface area contributed by atoms with Gasteiger partial charge in [-0.1, -0.05) is 48.0 Å². The van der Waals surface area contributed by atoms with E-state index in [0.717, 1.165) is 27.7 Å². The molecule has 0 aliphatic carbocycles. The fourth-order valence-electron chi connectivity index (χ4n) is 3.12. The number of benzene rings is 2. The Morgan fingerprint density at radius 1 is 1.07 bits per heavy atom. The van der Waals surface area contributed by atoms with Crippen molar-refractivity contribution in [2.24, 2.45) is 0 Å². The van der Waals surface area contributed by atoms with Crippen LogP contribution < -0.4 is 10.9 Å². The van der Waals surface area contributed by atoms with Gasteiger partial charge in [-0.15, -0.1) is 11.8 Å². The monoisotopic (exact) mass is 432 g/mol. The topological polar surface area (TPSA) is 62.0 Å². The maximum Gasteiger partial charge on any atom is 0.431 e. The van der Waals surface area contributed by atoms with Crippen molar-refractivity contribution in [2.45, 2.75) is 24.0 Å². The number of pyridine rings is 1. The highest BCUT2D eigenvalue weighted by atomic mass is 32.2. The summed E-state index contributed by atoms with van der Waals surface area (Å²) in [4.78, 5) is 27.7. The van der Waals surface area contributed by atoms with Gasteiger partial charge < -0.3 is 10.3 Å². The van der Waals surface area contributed by atoms with Crippen LogP contribution in [0.3, 0.4) is 0 Å². The number of aryl methyl sites for hydroxylation is 1. The van der Waals surface area contributed by atoms with Crippen molar-refractivity contribution in [3.8, 4) is 0 Å². The van der Waals surface area contributed by atoms with Crippen molar-refractivity contribution in [1.29, 1.82) is 0 Å². The van der Waals surface area contributed by atoms with E-state index in [1.165, 1.54) is 11.8 Å². The Hall–Kier alpha value is -3.00. The molecule has 0 aliphatic heterocycles. The van der Waals surface area contributed by atoms with Crippen LogP contribution in [-0.4, -0.2) is 17.1 Å². The van der Waals surface area contributed by atoms with Gasteiger partial charge in [-0.25, -0.2) is 0 Å². The third-order valence-corrected chi connectivity index (χ3v) is 5.37. The molecule has 1 amide bonds. The standard InChI is InChI=1S/C22H19F3N2O2S/c1-13-6-5-7-14(12-13)19(15-8-3-4-9-17(15)30-2)27-21(29)16-10-11-18(22(23,24)25)26-20(16)28/h3-12,19H,1-2H3,(H,26,28)(H,27,29). The Balaban J connectivity index is 2.02. The highest BCUT2D eigenvalue weighted by Gasteiger charge is 2.32. The third kappa shape index (κ3) is 4.76. The van der Waals surface area contributed by atoms with E-state index >= 15 is 0 Å². The van der Waals surface area contributed by atoms with Gasteiger partial charge in [-0.3, -0.25) is 9.59 Å². The lowest BCUT2D eigenvalue weighted by Gasteiger charge is -2.22. The molecule has 0 saturated heterocycles. The van der Waals surface area contributed by atoms with Crippen LogP contribution >= 0.6 is 11.8 Å². The highest BCUT2D eigenvalue weighted by molar-refractivity contribution is 7.98. The number of carbonyl (C=O) groups excluding carboxylic acids is 1. The number of aromatic nitrogens is 1. The zero-order chi connectivity index (χ0) is 21.9. The van der Waals surface area contributed by atoms with Crippen LogP contribution in [0.15, 0.2) is 70.4 Å². The number of alkyl halides is 3. The van der Waals surface area contributed by atoms with Crippen LogP contribution in [0, 0.1) is 6.92 Å². The summed E-state index contributed by atoms with van der Waals surface area (Å²) in [6.45, 7) is 1.92. The molecule has 0 fully saturated rings. The number of hydrogen-bond acceptors (Lipinski definition) is 3. The Morgan fingerprint density at radius 2 is 1.80 bits per heavy atom. The molecule has 3 rings (SSSR count). The van der Waals surface area contributed by atoms with Gasteiger partial charge in [0.25, 0.3) is 11.5 Å². The summed E-state index contributed by atoms with van der Waals surface area (Å²) in [6, 6.07) is 16.1.